The van der Waals surface area contributed by atoms with Gasteiger partial charge in [-0.15, -0.1) is 0 Å². The fourth-order valence-electron chi connectivity index (χ4n) is 1.23. The van der Waals surface area contributed by atoms with Crippen molar-refractivity contribution in [3.63, 3.8) is 0 Å². The Hall–Kier alpha value is -1.80. The molecule has 0 radical (unpaired) electrons. The fourth-order valence-corrected chi connectivity index (χ4v) is 1.44. The summed E-state index contributed by atoms with van der Waals surface area (Å²) in [5, 5.41) is 17.7. The van der Waals surface area contributed by atoms with Gasteiger partial charge in [-0.2, -0.15) is 5.10 Å². The Kier molecular flexibility index (Phi) is 5.40. The van der Waals surface area contributed by atoms with E-state index in [1.807, 2.05) is 0 Å². The lowest BCUT2D eigenvalue weighted by molar-refractivity contribution is 0.249. The van der Waals surface area contributed by atoms with E-state index in [0.29, 0.717) is 18.8 Å². The molecule has 1 aromatic heterocycles. The van der Waals surface area contributed by atoms with Crippen molar-refractivity contribution in [1.82, 2.24) is 15.1 Å². The number of hydrogen-bond donors (Lipinski definition) is 4. The Morgan fingerprint density at radius 1 is 1.56 bits per heavy atom. The van der Waals surface area contributed by atoms with Gasteiger partial charge in [0.15, 0.2) is 0 Å². The standard InChI is InChI=1S/C9H14ClN5O3/c10-7-6(12-1-2-13-9(11)18)5-14-15(3-4-16)8(7)17/h5,12,16H,1-4H2,(H3,11,13,18). The van der Waals surface area contributed by atoms with Crippen LogP contribution in [-0.4, -0.2) is 40.6 Å². The van der Waals surface area contributed by atoms with Crippen LogP contribution in [-0.2, 0) is 6.54 Å². The van der Waals surface area contributed by atoms with Crippen molar-refractivity contribution < 1.29 is 9.90 Å². The highest BCUT2D eigenvalue weighted by atomic mass is 35.5. The first kappa shape index (κ1) is 14.3. The number of halogens is 1. The predicted molar refractivity (Wildman–Crippen MR) is 66.7 cm³/mol. The molecule has 0 aliphatic rings. The molecule has 0 fully saturated rings. The molecule has 2 amide bonds. The van der Waals surface area contributed by atoms with Gasteiger partial charge in [-0.05, 0) is 0 Å². The average molecular weight is 276 g/mol. The molecule has 1 aromatic rings. The van der Waals surface area contributed by atoms with Crippen LogP contribution in [0.4, 0.5) is 10.5 Å². The molecule has 0 spiro atoms. The highest BCUT2D eigenvalue weighted by molar-refractivity contribution is 6.32. The molecule has 0 aromatic carbocycles. The zero-order valence-electron chi connectivity index (χ0n) is 9.52. The number of aromatic nitrogens is 2. The van der Waals surface area contributed by atoms with Crippen LogP contribution < -0.4 is 21.9 Å². The number of nitrogens with two attached hydrogens (primary N) is 1. The van der Waals surface area contributed by atoms with Gasteiger partial charge in [-0.3, -0.25) is 4.79 Å². The molecule has 100 valence electrons. The third-order valence-corrected chi connectivity index (χ3v) is 2.40. The van der Waals surface area contributed by atoms with Crippen LogP contribution in [0.3, 0.4) is 0 Å². The summed E-state index contributed by atoms with van der Waals surface area (Å²) in [6.07, 6.45) is 1.38. The second-order valence-corrected chi connectivity index (χ2v) is 3.72. The zero-order valence-corrected chi connectivity index (χ0v) is 10.3. The highest BCUT2D eigenvalue weighted by Gasteiger charge is 2.08. The van der Waals surface area contributed by atoms with E-state index >= 15 is 0 Å². The topological polar surface area (TPSA) is 122 Å². The van der Waals surface area contributed by atoms with Crippen molar-refractivity contribution in [3.05, 3.63) is 21.6 Å². The van der Waals surface area contributed by atoms with Gasteiger partial charge in [0, 0.05) is 13.1 Å². The van der Waals surface area contributed by atoms with Crippen LogP contribution in [0.15, 0.2) is 11.0 Å². The number of aliphatic hydroxyl groups excluding tert-OH is 1. The largest absolute Gasteiger partial charge is 0.394 e. The molecule has 8 nitrogen and oxygen atoms in total. The van der Waals surface area contributed by atoms with E-state index in [2.05, 4.69) is 15.7 Å². The molecular formula is C9H14ClN5O3. The van der Waals surface area contributed by atoms with E-state index < -0.39 is 11.6 Å². The molecule has 0 aliphatic carbocycles. The molecule has 0 bridgehead atoms. The summed E-state index contributed by atoms with van der Waals surface area (Å²) in [5.74, 6) is 0. The van der Waals surface area contributed by atoms with E-state index in [-0.39, 0.29) is 18.2 Å². The number of urea groups is 1. The van der Waals surface area contributed by atoms with E-state index in [1.165, 1.54) is 6.20 Å². The lowest BCUT2D eigenvalue weighted by Gasteiger charge is -2.09. The summed E-state index contributed by atoms with van der Waals surface area (Å²) in [6.45, 7) is 0.541. The quantitative estimate of drug-likeness (QED) is 0.495. The van der Waals surface area contributed by atoms with Crippen molar-refractivity contribution in [2.45, 2.75) is 6.54 Å². The molecule has 0 atom stereocenters. The van der Waals surface area contributed by atoms with Crippen molar-refractivity contribution in [1.29, 1.82) is 0 Å². The lowest BCUT2D eigenvalue weighted by atomic mass is 10.4. The number of anilines is 1. The van der Waals surface area contributed by atoms with Crippen molar-refractivity contribution in [2.24, 2.45) is 5.73 Å². The molecule has 18 heavy (non-hydrogen) atoms. The van der Waals surface area contributed by atoms with Crippen LogP contribution >= 0.6 is 11.6 Å². The van der Waals surface area contributed by atoms with Gasteiger partial charge in [0.25, 0.3) is 5.56 Å². The van der Waals surface area contributed by atoms with E-state index in [4.69, 9.17) is 22.4 Å². The van der Waals surface area contributed by atoms with Crippen molar-refractivity contribution in [2.75, 3.05) is 25.0 Å². The minimum Gasteiger partial charge on any atom is -0.394 e. The molecule has 9 heteroatoms. The minimum atomic E-state index is -0.626. The Balaban J connectivity index is 2.65. The number of aliphatic hydroxyl groups is 1. The fraction of sp³-hybridized carbons (Fsp3) is 0.444. The second kappa shape index (κ2) is 6.82. The average Bonchev–Trinajstić information content (AvgIpc) is 2.33. The molecule has 1 rings (SSSR count). The van der Waals surface area contributed by atoms with Gasteiger partial charge in [-0.25, -0.2) is 9.48 Å². The molecule has 0 unspecified atom stereocenters. The summed E-state index contributed by atoms with van der Waals surface area (Å²) in [4.78, 5) is 22.1. The molecule has 0 saturated carbocycles. The molecule has 0 aliphatic heterocycles. The van der Waals surface area contributed by atoms with E-state index in [9.17, 15) is 9.59 Å². The van der Waals surface area contributed by atoms with Crippen LogP contribution in [0.5, 0.6) is 0 Å². The normalized spacial score (nSPS) is 10.1. The minimum absolute atomic E-state index is 0.0162. The molecule has 0 saturated heterocycles. The number of rotatable bonds is 6. The molecule has 5 N–H and O–H groups in total. The van der Waals surface area contributed by atoms with Gasteiger partial charge in [0.1, 0.15) is 5.02 Å². The Morgan fingerprint density at radius 3 is 2.89 bits per heavy atom. The maximum absolute atomic E-state index is 11.6. The van der Waals surface area contributed by atoms with Gasteiger partial charge in [0.05, 0.1) is 25.0 Å². The summed E-state index contributed by atoms with van der Waals surface area (Å²) in [6, 6.07) is -0.626. The van der Waals surface area contributed by atoms with Gasteiger partial charge < -0.3 is 21.5 Å². The first-order valence-electron chi connectivity index (χ1n) is 5.20. The van der Waals surface area contributed by atoms with Crippen LogP contribution in [0.1, 0.15) is 0 Å². The third kappa shape index (κ3) is 3.90. The monoisotopic (exact) mass is 275 g/mol. The van der Waals surface area contributed by atoms with Crippen LogP contribution in [0, 0.1) is 0 Å². The second-order valence-electron chi connectivity index (χ2n) is 3.34. The van der Waals surface area contributed by atoms with E-state index in [1.54, 1.807) is 0 Å². The van der Waals surface area contributed by atoms with Crippen LogP contribution in [0.2, 0.25) is 5.02 Å². The SMILES string of the molecule is NC(=O)NCCNc1cnn(CCO)c(=O)c1Cl. The van der Waals surface area contributed by atoms with Gasteiger partial charge in [-0.1, -0.05) is 11.6 Å². The van der Waals surface area contributed by atoms with Crippen molar-refractivity contribution >= 4 is 23.3 Å². The van der Waals surface area contributed by atoms with E-state index in [0.717, 1.165) is 4.68 Å². The van der Waals surface area contributed by atoms with Crippen molar-refractivity contribution in [3.8, 4) is 0 Å². The molecular weight excluding hydrogens is 262 g/mol. The smallest absolute Gasteiger partial charge is 0.312 e. The van der Waals surface area contributed by atoms with Gasteiger partial charge >= 0.3 is 6.03 Å². The number of carbonyl (C=O) groups excluding carboxylic acids is 1. The molecule has 1 heterocycles. The number of carbonyl (C=O) groups is 1. The summed E-state index contributed by atoms with van der Waals surface area (Å²) in [5.41, 5.74) is 4.76. The Morgan fingerprint density at radius 2 is 2.28 bits per heavy atom. The first-order chi connectivity index (χ1) is 8.56. The zero-order chi connectivity index (χ0) is 13.5. The van der Waals surface area contributed by atoms with Gasteiger partial charge in [0.2, 0.25) is 0 Å². The highest BCUT2D eigenvalue weighted by Crippen LogP contribution is 2.14. The number of nitrogens with zero attached hydrogens (tertiary/aromatic N) is 2. The maximum atomic E-state index is 11.6. The summed E-state index contributed by atoms with van der Waals surface area (Å²) >= 11 is 5.85. The predicted octanol–water partition coefficient (Wildman–Crippen LogP) is -1.03. The maximum Gasteiger partial charge on any atom is 0.312 e. The first-order valence-corrected chi connectivity index (χ1v) is 5.57. The number of nitrogens with one attached hydrogen (secondary N) is 2. The Bertz CT molecular complexity index is 476. The van der Waals surface area contributed by atoms with Crippen LogP contribution in [0.25, 0.3) is 0 Å². The summed E-state index contributed by atoms with van der Waals surface area (Å²) < 4.78 is 1.06. The number of primary amides is 1. The summed E-state index contributed by atoms with van der Waals surface area (Å²) in [7, 11) is 0. The number of hydrogen-bond acceptors (Lipinski definition) is 5. The lowest BCUT2D eigenvalue weighted by Crippen LogP contribution is -2.33. The Labute approximate surface area is 108 Å². The third-order valence-electron chi connectivity index (χ3n) is 2.04. The number of amides is 2.